The van der Waals surface area contributed by atoms with Crippen molar-refractivity contribution in [3.63, 3.8) is 0 Å². The van der Waals surface area contributed by atoms with Crippen molar-refractivity contribution in [1.82, 2.24) is 24.5 Å². The zero-order chi connectivity index (χ0) is 18.8. The van der Waals surface area contributed by atoms with E-state index < -0.39 is 0 Å². The summed E-state index contributed by atoms with van der Waals surface area (Å²) in [5.74, 6) is 0.656. The first-order valence-corrected chi connectivity index (χ1v) is 9.31. The lowest BCUT2D eigenvalue weighted by molar-refractivity contribution is 0.166. The Morgan fingerprint density at radius 1 is 1.30 bits per heavy atom. The van der Waals surface area contributed by atoms with Crippen molar-refractivity contribution in [2.24, 2.45) is 0 Å². The first-order chi connectivity index (χ1) is 13.2. The summed E-state index contributed by atoms with van der Waals surface area (Å²) in [6.07, 6.45) is 5.47. The minimum atomic E-state index is 0.0486. The van der Waals surface area contributed by atoms with Gasteiger partial charge >= 0.3 is 0 Å². The second-order valence-corrected chi connectivity index (χ2v) is 7.13. The molecule has 0 saturated carbocycles. The number of nitrogens with zero attached hydrogens (tertiary/aromatic N) is 5. The summed E-state index contributed by atoms with van der Waals surface area (Å²) in [5.41, 5.74) is 1.83. The maximum absolute atomic E-state index is 10.2. The topological polar surface area (TPSA) is 98.8 Å². The van der Waals surface area contributed by atoms with E-state index in [0.717, 1.165) is 31.4 Å². The van der Waals surface area contributed by atoms with Gasteiger partial charge in [0.2, 0.25) is 5.95 Å². The lowest BCUT2D eigenvalue weighted by Crippen LogP contribution is -2.43. The number of nitrogens with one attached hydrogen (secondary N) is 1. The van der Waals surface area contributed by atoms with E-state index in [0.29, 0.717) is 28.8 Å². The summed E-state index contributed by atoms with van der Waals surface area (Å²) in [5, 5.41) is 32.0. The predicted molar refractivity (Wildman–Crippen MR) is 103 cm³/mol. The molecule has 1 saturated heterocycles. The highest BCUT2D eigenvalue weighted by atomic mass is 35.5. The van der Waals surface area contributed by atoms with Gasteiger partial charge in [0.1, 0.15) is 17.8 Å². The number of phenolic OH excluding ortho intramolecular Hbond substituents is 1. The highest BCUT2D eigenvalue weighted by molar-refractivity contribution is 6.30. The van der Waals surface area contributed by atoms with Gasteiger partial charge in [-0.15, -0.1) is 10.2 Å². The van der Waals surface area contributed by atoms with Crippen molar-refractivity contribution in [3.05, 3.63) is 35.7 Å². The summed E-state index contributed by atoms with van der Waals surface area (Å²) in [4.78, 5) is 6.46. The number of imidazole rings is 1. The molecule has 0 spiro atoms. The minimum absolute atomic E-state index is 0.0486. The molecule has 0 unspecified atom stereocenters. The summed E-state index contributed by atoms with van der Waals surface area (Å²) in [6, 6.07) is 5.13. The molecule has 8 nitrogen and oxygen atoms in total. The van der Waals surface area contributed by atoms with E-state index in [1.165, 1.54) is 6.07 Å². The lowest BCUT2D eigenvalue weighted by Gasteiger charge is -2.32. The minimum Gasteiger partial charge on any atom is -0.507 e. The van der Waals surface area contributed by atoms with Crippen LogP contribution >= 0.6 is 11.6 Å². The van der Waals surface area contributed by atoms with Gasteiger partial charge in [0.25, 0.3) is 0 Å². The number of hydrogen-bond donors (Lipinski definition) is 3. The second-order valence-electron chi connectivity index (χ2n) is 6.69. The Hall–Kier alpha value is -2.42. The van der Waals surface area contributed by atoms with Gasteiger partial charge in [-0.2, -0.15) is 0 Å². The number of rotatable bonds is 5. The SMILES string of the molecule is OCCN1CCC[C@@H](Nc2nnc(-c3ccc(Cl)cc3O)c3cncn23)C1. The number of aliphatic hydroxyl groups excluding tert-OH is 1. The van der Waals surface area contributed by atoms with Crippen molar-refractivity contribution in [1.29, 1.82) is 0 Å². The Bertz CT molecular complexity index is 945. The fourth-order valence-corrected chi connectivity index (χ4v) is 3.70. The van der Waals surface area contributed by atoms with Crippen LogP contribution < -0.4 is 5.32 Å². The van der Waals surface area contributed by atoms with E-state index in [-0.39, 0.29) is 18.4 Å². The van der Waals surface area contributed by atoms with E-state index in [2.05, 4.69) is 25.4 Å². The average molecular weight is 389 g/mol. The van der Waals surface area contributed by atoms with Crippen molar-refractivity contribution in [3.8, 4) is 17.0 Å². The van der Waals surface area contributed by atoms with Crippen LogP contribution in [0.4, 0.5) is 5.95 Å². The van der Waals surface area contributed by atoms with Gasteiger partial charge in [-0.05, 0) is 37.6 Å². The highest BCUT2D eigenvalue weighted by Crippen LogP contribution is 2.33. The number of piperidine rings is 1. The fourth-order valence-electron chi connectivity index (χ4n) is 3.53. The molecule has 1 aromatic carbocycles. The Kier molecular flexibility index (Phi) is 5.11. The molecule has 1 aliphatic rings. The van der Waals surface area contributed by atoms with E-state index in [1.807, 2.05) is 4.40 Å². The van der Waals surface area contributed by atoms with E-state index in [9.17, 15) is 5.11 Å². The number of phenols is 1. The molecule has 3 N–H and O–H groups in total. The largest absolute Gasteiger partial charge is 0.507 e. The summed E-state index contributed by atoms with van der Waals surface area (Å²) in [7, 11) is 0. The molecule has 0 aliphatic carbocycles. The van der Waals surface area contributed by atoms with Crippen molar-refractivity contribution >= 4 is 23.1 Å². The van der Waals surface area contributed by atoms with Crippen molar-refractivity contribution in [2.45, 2.75) is 18.9 Å². The van der Waals surface area contributed by atoms with Gasteiger partial charge in [0.05, 0.1) is 18.3 Å². The third-order valence-corrected chi connectivity index (χ3v) is 5.06. The molecule has 0 radical (unpaired) electrons. The molecule has 3 aromatic rings. The van der Waals surface area contributed by atoms with Crippen molar-refractivity contribution in [2.75, 3.05) is 31.6 Å². The lowest BCUT2D eigenvalue weighted by atomic mass is 10.1. The van der Waals surface area contributed by atoms with E-state index >= 15 is 0 Å². The summed E-state index contributed by atoms with van der Waals surface area (Å²) >= 11 is 5.93. The van der Waals surface area contributed by atoms with Crippen LogP contribution in [-0.2, 0) is 0 Å². The van der Waals surface area contributed by atoms with Gasteiger partial charge in [0, 0.05) is 29.7 Å². The first kappa shape index (κ1) is 18.0. The zero-order valence-corrected chi connectivity index (χ0v) is 15.5. The number of likely N-dealkylation sites (tertiary alicyclic amines) is 1. The summed E-state index contributed by atoms with van der Waals surface area (Å²) < 4.78 is 1.83. The van der Waals surface area contributed by atoms with Gasteiger partial charge in [0.15, 0.2) is 0 Å². The Labute approximate surface area is 161 Å². The molecule has 4 rings (SSSR count). The number of aromatic hydroxyl groups is 1. The smallest absolute Gasteiger partial charge is 0.229 e. The second kappa shape index (κ2) is 7.67. The molecule has 0 bridgehead atoms. The molecular weight excluding hydrogens is 368 g/mol. The van der Waals surface area contributed by atoms with Gasteiger partial charge in [-0.25, -0.2) is 4.98 Å². The number of aromatic nitrogens is 4. The van der Waals surface area contributed by atoms with Crippen LogP contribution in [0.1, 0.15) is 12.8 Å². The number of β-amino-alcohol motifs (C(OH)–C–C–N with tert-alkyl or cyclic N) is 1. The quantitative estimate of drug-likeness (QED) is 0.615. The summed E-state index contributed by atoms with van der Waals surface area (Å²) in [6.45, 7) is 2.69. The first-order valence-electron chi connectivity index (χ1n) is 8.93. The third-order valence-electron chi connectivity index (χ3n) is 4.82. The number of fused-ring (bicyclic) bond motifs is 1. The Morgan fingerprint density at radius 3 is 3.00 bits per heavy atom. The molecule has 1 fully saturated rings. The molecule has 1 atom stereocenters. The normalized spacial score (nSPS) is 18.1. The van der Waals surface area contributed by atoms with Gasteiger partial charge < -0.3 is 15.5 Å². The van der Waals surface area contributed by atoms with Crippen LogP contribution in [-0.4, -0.2) is 67.0 Å². The maximum Gasteiger partial charge on any atom is 0.229 e. The number of benzene rings is 1. The number of hydrogen-bond acceptors (Lipinski definition) is 7. The molecule has 0 amide bonds. The molecule has 142 valence electrons. The maximum atomic E-state index is 10.2. The monoisotopic (exact) mass is 388 g/mol. The molecule has 3 heterocycles. The van der Waals surface area contributed by atoms with Crippen LogP contribution in [0, 0.1) is 0 Å². The fraction of sp³-hybridized carbons (Fsp3) is 0.389. The highest BCUT2D eigenvalue weighted by Gasteiger charge is 2.21. The van der Waals surface area contributed by atoms with E-state index in [4.69, 9.17) is 16.7 Å². The Balaban J connectivity index is 1.63. The van der Waals surface area contributed by atoms with Crippen LogP contribution in [0.25, 0.3) is 16.8 Å². The molecule has 27 heavy (non-hydrogen) atoms. The zero-order valence-electron chi connectivity index (χ0n) is 14.7. The van der Waals surface area contributed by atoms with Crippen LogP contribution in [0.5, 0.6) is 5.75 Å². The standard InChI is InChI=1S/C18H21ClN6O2/c19-12-3-4-14(16(27)8-12)17-15-9-20-11-25(15)18(23-22-17)21-13-2-1-5-24(10-13)6-7-26/h3-4,8-9,11,13,26-27H,1-2,5-7,10H2,(H,21,23)/t13-/m1/s1. The molecule has 2 aromatic heterocycles. The van der Waals surface area contributed by atoms with Crippen LogP contribution in [0.3, 0.4) is 0 Å². The molecule has 9 heteroatoms. The average Bonchev–Trinajstić information content (AvgIpc) is 3.14. The molecule has 1 aliphatic heterocycles. The van der Waals surface area contributed by atoms with E-state index in [1.54, 1.807) is 24.7 Å². The third kappa shape index (κ3) is 3.69. The predicted octanol–water partition coefficient (Wildman–Crippen LogP) is 2.02. The van der Waals surface area contributed by atoms with Gasteiger partial charge in [-0.1, -0.05) is 11.6 Å². The number of anilines is 1. The van der Waals surface area contributed by atoms with Crippen molar-refractivity contribution < 1.29 is 10.2 Å². The van der Waals surface area contributed by atoms with Gasteiger partial charge in [-0.3, -0.25) is 9.30 Å². The number of aliphatic hydroxyl groups is 1. The molecular formula is C18H21ClN6O2. The Morgan fingerprint density at radius 2 is 2.19 bits per heavy atom. The van der Waals surface area contributed by atoms with Crippen LogP contribution in [0.15, 0.2) is 30.7 Å². The number of halogens is 1. The van der Waals surface area contributed by atoms with Crippen LogP contribution in [0.2, 0.25) is 5.02 Å².